The quantitative estimate of drug-likeness (QED) is 0.837. The number of nitrogens with one attached hydrogen (secondary N) is 2. The van der Waals surface area contributed by atoms with Gasteiger partial charge in [0.25, 0.3) is 5.89 Å². The number of anilines is 1. The molecule has 6 nitrogen and oxygen atoms in total. The second kappa shape index (κ2) is 7.77. The van der Waals surface area contributed by atoms with E-state index in [1.165, 1.54) is 0 Å². The van der Waals surface area contributed by atoms with Crippen LogP contribution in [-0.2, 0) is 11.2 Å². The number of benzene rings is 1. The van der Waals surface area contributed by atoms with E-state index < -0.39 is 0 Å². The lowest BCUT2D eigenvalue weighted by Crippen LogP contribution is -2.24. The molecule has 0 spiro atoms. The Kier molecular flexibility index (Phi) is 5.96. The topological polar surface area (TPSA) is 80.0 Å². The molecule has 1 aliphatic carbocycles. The lowest BCUT2D eigenvalue weighted by Gasteiger charge is -2.05. The van der Waals surface area contributed by atoms with Crippen LogP contribution >= 0.6 is 12.4 Å². The Balaban J connectivity index is 0.00000208. The predicted molar refractivity (Wildman–Crippen MR) is 95.1 cm³/mol. The van der Waals surface area contributed by atoms with Crippen molar-refractivity contribution in [3.8, 4) is 11.5 Å². The summed E-state index contributed by atoms with van der Waals surface area (Å²) in [5.41, 5.74) is 1.57. The summed E-state index contributed by atoms with van der Waals surface area (Å²) in [6, 6.07) is 7.79. The molecule has 2 N–H and O–H groups in total. The lowest BCUT2D eigenvalue weighted by molar-refractivity contribution is -0.117. The molecule has 1 heterocycles. The number of likely N-dealkylation sites (N-methyl/N-ethyl adjacent to an activating group) is 1. The SMILES string of the molecule is CNC(C)Cc1noc(-c2cccc(NC(=O)C3CC3C)c2)n1.Cl. The Bertz CT molecular complexity index is 703. The van der Waals surface area contributed by atoms with Crippen molar-refractivity contribution in [2.75, 3.05) is 12.4 Å². The highest BCUT2D eigenvalue weighted by atomic mass is 35.5. The zero-order chi connectivity index (χ0) is 16.4. The molecule has 3 rings (SSSR count). The first-order valence-corrected chi connectivity index (χ1v) is 7.98. The van der Waals surface area contributed by atoms with Crippen LogP contribution in [-0.4, -0.2) is 29.1 Å². The number of hydrogen-bond donors (Lipinski definition) is 2. The van der Waals surface area contributed by atoms with E-state index in [1.807, 2.05) is 31.3 Å². The molecule has 0 saturated heterocycles. The molecule has 3 unspecified atom stereocenters. The van der Waals surface area contributed by atoms with Gasteiger partial charge in [0.1, 0.15) is 0 Å². The van der Waals surface area contributed by atoms with E-state index in [-0.39, 0.29) is 30.3 Å². The van der Waals surface area contributed by atoms with Crippen LogP contribution in [0.25, 0.3) is 11.5 Å². The third-order valence-corrected chi connectivity index (χ3v) is 4.27. The highest BCUT2D eigenvalue weighted by Crippen LogP contribution is 2.38. The molecule has 2 aromatic rings. The van der Waals surface area contributed by atoms with Gasteiger partial charge in [-0.1, -0.05) is 18.1 Å². The third kappa shape index (κ3) is 4.33. The fraction of sp³-hybridized carbons (Fsp3) is 0.471. The minimum atomic E-state index is 0. The summed E-state index contributed by atoms with van der Waals surface area (Å²) >= 11 is 0. The molecular formula is C17H23ClN4O2. The summed E-state index contributed by atoms with van der Waals surface area (Å²) in [5.74, 6) is 1.87. The van der Waals surface area contributed by atoms with Crippen molar-refractivity contribution in [2.24, 2.45) is 11.8 Å². The highest BCUT2D eigenvalue weighted by Gasteiger charge is 2.39. The average molecular weight is 351 g/mol. The van der Waals surface area contributed by atoms with E-state index in [4.69, 9.17) is 4.52 Å². The van der Waals surface area contributed by atoms with Gasteiger partial charge in [0.2, 0.25) is 5.91 Å². The highest BCUT2D eigenvalue weighted by molar-refractivity contribution is 5.94. The van der Waals surface area contributed by atoms with Gasteiger partial charge >= 0.3 is 0 Å². The van der Waals surface area contributed by atoms with E-state index in [1.54, 1.807) is 0 Å². The smallest absolute Gasteiger partial charge is 0.257 e. The van der Waals surface area contributed by atoms with E-state index >= 15 is 0 Å². The Morgan fingerprint density at radius 3 is 2.88 bits per heavy atom. The second-order valence-electron chi connectivity index (χ2n) is 6.30. The summed E-state index contributed by atoms with van der Waals surface area (Å²) in [6.07, 6.45) is 1.68. The normalized spacial score (nSPS) is 20.1. The molecule has 1 aromatic carbocycles. The molecule has 3 atom stereocenters. The van der Waals surface area contributed by atoms with Crippen LogP contribution in [0.15, 0.2) is 28.8 Å². The molecular weight excluding hydrogens is 328 g/mol. The predicted octanol–water partition coefficient (Wildman–Crippen LogP) is 2.90. The molecule has 1 aromatic heterocycles. The van der Waals surface area contributed by atoms with Crippen LogP contribution in [0, 0.1) is 11.8 Å². The van der Waals surface area contributed by atoms with Crippen molar-refractivity contribution in [2.45, 2.75) is 32.7 Å². The molecule has 1 fully saturated rings. The van der Waals surface area contributed by atoms with Crippen molar-refractivity contribution in [3.05, 3.63) is 30.1 Å². The first-order chi connectivity index (χ1) is 11.1. The van der Waals surface area contributed by atoms with Crippen molar-refractivity contribution in [1.29, 1.82) is 0 Å². The fourth-order valence-corrected chi connectivity index (χ4v) is 2.48. The van der Waals surface area contributed by atoms with Gasteiger partial charge in [-0.05, 0) is 44.5 Å². The number of amides is 1. The van der Waals surface area contributed by atoms with Gasteiger partial charge in [-0.2, -0.15) is 4.98 Å². The molecule has 24 heavy (non-hydrogen) atoms. The number of carbonyl (C=O) groups excluding carboxylic acids is 1. The fourth-order valence-electron chi connectivity index (χ4n) is 2.48. The molecule has 7 heteroatoms. The summed E-state index contributed by atoms with van der Waals surface area (Å²) in [5, 5.41) is 10.1. The largest absolute Gasteiger partial charge is 0.334 e. The Hall–Kier alpha value is -1.92. The van der Waals surface area contributed by atoms with Crippen LogP contribution in [0.3, 0.4) is 0 Å². The molecule has 130 valence electrons. The van der Waals surface area contributed by atoms with E-state index in [9.17, 15) is 4.79 Å². The number of rotatable bonds is 6. The van der Waals surface area contributed by atoms with Gasteiger partial charge < -0.3 is 15.2 Å². The van der Waals surface area contributed by atoms with Crippen molar-refractivity contribution < 1.29 is 9.32 Å². The average Bonchev–Trinajstić information content (AvgIpc) is 3.10. The van der Waals surface area contributed by atoms with Gasteiger partial charge in [0, 0.05) is 29.6 Å². The van der Waals surface area contributed by atoms with Crippen LogP contribution in [0.5, 0.6) is 0 Å². The van der Waals surface area contributed by atoms with Gasteiger partial charge in [-0.25, -0.2) is 0 Å². The second-order valence-corrected chi connectivity index (χ2v) is 6.30. The molecule has 0 bridgehead atoms. The summed E-state index contributed by atoms with van der Waals surface area (Å²) in [6.45, 7) is 4.15. The van der Waals surface area contributed by atoms with Gasteiger partial charge in [-0.15, -0.1) is 12.4 Å². The molecule has 0 radical (unpaired) electrons. The number of carbonyl (C=O) groups is 1. The maximum atomic E-state index is 12.0. The van der Waals surface area contributed by atoms with E-state index in [0.29, 0.717) is 24.1 Å². The van der Waals surface area contributed by atoms with E-state index in [2.05, 4.69) is 34.6 Å². The Morgan fingerprint density at radius 2 is 2.21 bits per heavy atom. The number of nitrogens with zero attached hydrogens (tertiary/aromatic N) is 2. The zero-order valence-electron chi connectivity index (χ0n) is 14.1. The van der Waals surface area contributed by atoms with Crippen molar-refractivity contribution in [1.82, 2.24) is 15.5 Å². The van der Waals surface area contributed by atoms with Gasteiger partial charge in [0.05, 0.1) is 0 Å². The van der Waals surface area contributed by atoms with Crippen molar-refractivity contribution >= 4 is 24.0 Å². The number of aromatic nitrogens is 2. The maximum Gasteiger partial charge on any atom is 0.257 e. The monoisotopic (exact) mass is 350 g/mol. The number of hydrogen-bond acceptors (Lipinski definition) is 5. The minimum absolute atomic E-state index is 0. The summed E-state index contributed by atoms with van der Waals surface area (Å²) in [4.78, 5) is 16.4. The summed E-state index contributed by atoms with van der Waals surface area (Å²) in [7, 11) is 1.90. The molecule has 1 aliphatic rings. The first-order valence-electron chi connectivity index (χ1n) is 7.98. The van der Waals surface area contributed by atoms with Crippen LogP contribution in [0.4, 0.5) is 5.69 Å². The van der Waals surface area contributed by atoms with Crippen LogP contribution in [0.1, 0.15) is 26.1 Å². The van der Waals surface area contributed by atoms with Crippen LogP contribution < -0.4 is 10.6 Å². The van der Waals surface area contributed by atoms with Gasteiger partial charge in [-0.3, -0.25) is 4.79 Å². The Labute approximate surface area is 147 Å². The zero-order valence-corrected chi connectivity index (χ0v) is 14.9. The van der Waals surface area contributed by atoms with Crippen molar-refractivity contribution in [3.63, 3.8) is 0 Å². The standard InChI is InChI=1S/C17H22N4O2.ClH/c1-10-7-14(10)16(22)19-13-6-4-5-12(9-13)17-20-15(21-23-17)8-11(2)18-3;/h4-6,9-11,14,18H,7-8H2,1-3H3,(H,19,22);1H. The van der Waals surface area contributed by atoms with E-state index in [0.717, 1.165) is 17.7 Å². The maximum absolute atomic E-state index is 12.0. The number of halogens is 1. The molecule has 1 amide bonds. The molecule has 0 aliphatic heterocycles. The lowest BCUT2D eigenvalue weighted by atomic mass is 10.2. The minimum Gasteiger partial charge on any atom is -0.334 e. The van der Waals surface area contributed by atoms with Gasteiger partial charge in [0.15, 0.2) is 5.82 Å². The Morgan fingerprint density at radius 1 is 1.46 bits per heavy atom. The third-order valence-electron chi connectivity index (χ3n) is 4.27. The first kappa shape index (κ1) is 18.4. The summed E-state index contributed by atoms with van der Waals surface area (Å²) < 4.78 is 5.33. The van der Waals surface area contributed by atoms with Crippen LogP contribution in [0.2, 0.25) is 0 Å². The molecule has 1 saturated carbocycles.